The van der Waals surface area contributed by atoms with Gasteiger partial charge in [0.1, 0.15) is 48.7 Å². The van der Waals surface area contributed by atoms with E-state index in [2.05, 4.69) is 52.2 Å². The van der Waals surface area contributed by atoms with Gasteiger partial charge in [-0.05, 0) is 51.4 Å². The van der Waals surface area contributed by atoms with Crippen molar-refractivity contribution in [3.05, 3.63) is 0 Å². The van der Waals surface area contributed by atoms with Crippen LogP contribution in [0.25, 0.3) is 0 Å². The highest BCUT2D eigenvalue weighted by atomic mass is 31.2. The summed E-state index contributed by atoms with van der Waals surface area (Å²) in [5, 5.41) is 63.2. The molecule has 2 rings (SSSR count). The van der Waals surface area contributed by atoms with E-state index < -0.39 is 168 Å². The van der Waals surface area contributed by atoms with Gasteiger partial charge in [-0.3, -0.25) is 33.3 Å². The quantitative estimate of drug-likeness (QED) is 0.0118. The van der Waals surface area contributed by atoms with Crippen LogP contribution < -0.4 is 10.6 Å². The predicted octanol–water partition coefficient (Wildman–Crippen LogP) is 20.5. The Balaban J connectivity index is 2.73. The minimum Gasteiger partial charge on any atom is -0.462 e. The number of ether oxygens (including phenoxy) is 7. The number of unbranched alkanes of at least 4 members (excludes halogenated alkanes) is 50. The molecule has 0 spiro atoms. The molecule has 2 aliphatic heterocycles. The van der Waals surface area contributed by atoms with E-state index in [0.717, 1.165) is 205 Å². The lowest BCUT2D eigenvalue weighted by Crippen LogP contribution is -2.68. The average Bonchev–Trinajstić information content (AvgIpc) is 0.784. The first-order valence-corrected chi connectivity index (χ1v) is 50.5. The number of aliphatic hydroxyl groups is 5. The Labute approximate surface area is 721 Å². The maximum atomic E-state index is 15.1. The lowest BCUT2D eigenvalue weighted by atomic mass is 9.95. The van der Waals surface area contributed by atoms with Gasteiger partial charge in [0.2, 0.25) is 11.8 Å². The van der Waals surface area contributed by atoms with Crippen LogP contribution in [0.3, 0.4) is 0 Å². The number of carbonyl (C=O) groups excluding carboxylic acids is 6. The number of aliphatic hydroxyl groups excluding tert-OH is 5. The van der Waals surface area contributed by atoms with Gasteiger partial charge in [0.15, 0.2) is 24.8 Å². The number of rotatable bonds is 82. The molecule has 2 heterocycles. The standard InChI is InChI=1S/C94H177N2O22P/c1-7-13-19-25-31-37-38-44-50-56-62-68-84(103)113-78(66-60-54-48-42-35-29-23-17-11-5)72-86(105)117-92-88(96-82(101)71-77(65-59-53-47-41-34-28-22-16-10-4)112-83(102)67-61-55-49-43-36-30-24-18-12-6)94(115-79(73-97)90(92)118-119(108,109)110)111-74-80-89(106)91(116-85(104)70-76(99)64-58-52-46-40-33-27-21-15-9-3)87(93(107)114-80)95-81(100)69-75(98)63-57-51-45-39-32-26-20-14-8-2/h75-80,87-94,97-99,106-107H,7-74H2,1-6H3,(H,95,100)(H,96,101)(H2,108,109,110)/t75-,76-,77-,78-,79-,80-,87-,88-,89-,90-,91-,92-,93+,94-/m1/s1. The summed E-state index contributed by atoms with van der Waals surface area (Å²) in [4.78, 5) is 107. The summed E-state index contributed by atoms with van der Waals surface area (Å²) >= 11 is 0. The maximum absolute atomic E-state index is 15.1. The van der Waals surface area contributed by atoms with Gasteiger partial charge in [0.05, 0.1) is 51.1 Å². The van der Waals surface area contributed by atoms with E-state index >= 15 is 4.79 Å². The molecule has 2 fully saturated rings. The minimum atomic E-state index is -5.62. The Bertz CT molecular complexity index is 2520. The predicted molar refractivity (Wildman–Crippen MR) is 470 cm³/mol. The number of carbonyl (C=O) groups is 6. The first-order chi connectivity index (χ1) is 57.6. The van der Waals surface area contributed by atoms with Gasteiger partial charge in [-0.15, -0.1) is 0 Å². The molecule has 700 valence electrons. The summed E-state index contributed by atoms with van der Waals surface area (Å²) < 4.78 is 61.8. The second-order valence-electron chi connectivity index (χ2n) is 35.0. The van der Waals surface area contributed by atoms with E-state index in [4.69, 9.17) is 37.7 Å². The molecule has 0 unspecified atom stereocenters. The van der Waals surface area contributed by atoms with Gasteiger partial charge < -0.3 is 79.1 Å². The minimum absolute atomic E-state index is 0.111. The smallest absolute Gasteiger partial charge is 0.462 e. The van der Waals surface area contributed by atoms with Crippen LogP contribution in [0.15, 0.2) is 0 Å². The fourth-order valence-corrected chi connectivity index (χ4v) is 16.9. The highest BCUT2D eigenvalue weighted by Crippen LogP contribution is 2.43. The largest absolute Gasteiger partial charge is 0.470 e. The van der Waals surface area contributed by atoms with E-state index in [1.165, 1.54) is 116 Å². The van der Waals surface area contributed by atoms with Crippen molar-refractivity contribution in [2.24, 2.45) is 0 Å². The molecule has 0 bridgehead atoms. The summed E-state index contributed by atoms with van der Waals surface area (Å²) in [5.41, 5.74) is 0. The van der Waals surface area contributed by atoms with Crippen LogP contribution in [0.5, 0.6) is 0 Å². The molecule has 24 nitrogen and oxygen atoms in total. The Morgan fingerprint density at radius 3 is 1.03 bits per heavy atom. The van der Waals surface area contributed by atoms with Crippen LogP contribution in [0.4, 0.5) is 0 Å². The first-order valence-electron chi connectivity index (χ1n) is 49.0. The fourth-order valence-electron chi connectivity index (χ4n) is 16.4. The van der Waals surface area contributed by atoms with Gasteiger partial charge >= 0.3 is 31.7 Å². The molecule has 0 aromatic rings. The molecule has 0 aliphatic carbocycles. The van der Waals surface area contributed by atoms with E-state index in [-0.39, 0.29) is 25.7 Å². The van der Waals surface area contributed by atoms with Gasteiger partial charge in [-0.1, -0.05) is 375 Å². The third-order valence-electron chi connectivity index (χ3n) is 23.6. The van der Waals surface area contributed by atoms with Gasteiger partial charge in [0.25, 0.3) is 0 Å². The molecule has 2 aliphatic rings. The molecule has 0 radical (unpaired) electrons. The van der Waals surface area contributed by atoms with Crippen molar-refractivity contribution in [2.75, 3.05) is 13.2 Å². The third kappa shape index (κ3) is 59.3. The molecule has 2 saturated heterocycles. The summed E-state index contributed by atoms with van der Waals surface area (Å²) in [7, 11) is -5.62. The van der Waals surface area contributed by atoms with Crippen LogP contribution in [0.1, 0.15) is 465 Å². The molecule has 2 amide bonds. The summed E-state index contributed by atoms with van der Waals surface area (Å²) in [6.45, 7) is 11.2. The van der Waals surface area contributed by atoms with Crippen molar-refractivity contribution in [1.82, 2.24) is 10.6 Å². The van der Waals surface area contributed by atoms with Crippen LogP contribution in [0, 0.1) is 0 Å². The third-order valence-corrected chi connectivity index (χ3v) is 24.1. The molecule has 119 heavy (non-hydrogen) atoms. The number of phosphoric ester groups is 1. The molecule has 25 heteroatoms. The van der Waals surface area contributed by atoms with Crippen molar-refractivity contribution >= 4 is 43.5 Å². The fraction of sp³-hybridized carbons (Fsp3) is 0.936. The van der Waals surface area contributed by atoms with E-state index in [9.17, 15) is 63.9 Å². The van der Waals surface area contributed by atoms with Crippen LogP contribution in [-0.2, 0) is 71.0 Å². The maximum Gasteiger partial charge on any atom is 0.470 e. The highest BCUT2D eigenvalue weighted by Gasteiger charge is 2.54. The number of esters is 4. The van der Waals surface area contributed by atoms with E-state index in [0.29, 0.717) is 51.4 Å². The van der Waals surface area contributed by atoms with Gasteiger partial charge in [0, 0.05) is 12.8 Å². The Kier molecular flexibility index (Phi) is 70.2. The average molecular weight is 1720 g/mol. The summed E-state index contributed by atoms with van der Waals surface area (Å²) in [6, 6.07) is -3.47. The van der Waals surface area contributed by atoms with Crippen LogP contribution >= 0.6 is 7.82 Å². The molecule has 0 saturated carbocycles. The van der Waals surface area contributed by atoms with Crippen LogP contribution in [-0.4, -0.2) is 170 Å². The van der Waals surface area contributed by atoms with Crippen molar-refractivity contribution in [3.8, 4) is 0 Å². The Morgan fingerprint density at radius 2 is 0.664 bits per heavy atom. The number of hydrogen-bond donors (Lipinski definition) is 9. The second-order valence-corrected chi connectivity index (χ2v) is 36.1. The van der Waals surface area contributed by atoms with Crippen molar-refractivity contribution in [2.45, 2.75) is 551 Å². The molecule has 14 atom stereocenters. The summed E-state index contributed by atoms with van der Waals surface area (Å²) in [5.74, 6) is -4.56. The lowest BCUT2D eigenvalue weighted by Gasteiger charge is -2.46. The van der Waals surface area contributed by atoms with E-state index in [1.54, 1.807) is 0 Å². The zero-order valence-electron chi connectivity index (χ0n) is 75.9. The van der Waals surface area contributed by atoms with E-state index in [1.807, 2.05) is 0 Å². The first kappa shape index (κ1) is 112. The number of nitrogens with one attached hydrogen (secondary N) is 2. The Hall–Kier alpha value is -3.39. The second kappa shape index (κ2) is 74.8. The molecular formula is C94H177N2O22P. The van der Waals surface area contributed by atoms with Crippen LogP contribution in [0.2, 0.25) is 0 Å². The molecule has 0 aromatic carbocycles. The highest BCUT2D eigenvalue weighted by molar-refractivity contribution is 7.46. The van der Waals surface area contributed by atoms with Gasteiger partial charge in [-0.2, -0.15) is 0 Å². The monoisotopic (exact) mass is 1720 g/mol. The summed E-state index contributed by atoms with van der Waals surface area (Å²) in [6.07, 6.45) is 38.1. The molecule has 0 aromatic heterocycles. The zero-order chi connectivity index (χ0) is 87.2. The normalized spacial score (nSPS) is 20.5. The Morgan fingerprint density at radius 1 is 0.353 bits per heavy atom. The zero-order valence-corrected chi connectivity index (χ0v) is 76.8. The number of phosphoric acid groups is 1. The topological polar surface area (TPSA) is 359 Å². The number of hydrogen-bond acceptors (Lipinski definition) is 20. The van der Waals surface area contributed by atoms with Crippen molar-refractivity contribution in [3.63, 3.8) is 0 Å². The van der Waals surface area contributed by atoms with Gasteiger partial charge in [-0.25, -0.2) is 4.57 Å². The SMILES string of the molecule is CCCCCCCCCCCCCC(=O)O[C@H](CCCCCCCCCCC)CC(=O)O[C@@H]1[C@@H](NC(=O)C[C@@H](CCCCCCCCCCC)OC(=O)CCCCCCCCCCC)[C@H](OC[C@H]2O[C@H](O)[C@H](NC(=O)C[C@H](O)CCCCCCCCCCC)[C@@H](OC(=O)C[C@H](O)CCCCCCCCCCC)[C@@H]2O)O[C@H](CO)[C@H]1OP(=O)(O)O. The lowest BCUT2D eigenvalue weighted by molar-refractivity contribution is -0.298. The number of amides is 2. The van der Waals surface area contributed by atoms with Crippen molar-refractivity contribution in [1.29, 1.82) is 0 Å². The molecule has 9 N–H and O–H groups in total. The molecular weight excluding hydrogens is 1540 g/mol. The van der Waals surface area contributed by atoms with Crippen molar-refractivity contribution < 1.29 is 106 Å².